The molecule has 0 unspecified atom stereocenters. The topological polar surface area (TPSA) is 146 Å². The summed E-state index contributed by atoms with van der Waals surface area (Å²) < 4.78 is 11.6. The Hall–Kier alpha value is -4.06. The predicted molar refractivity (Wildman–Crippen MR) is 114 cm³/mol. The number of nitrogens with one attached hydrogen (secondary N) is 1. The first kappa shape index (κ1) is 20.2. The van der Waals surface area contributed by atoms with Crippen molar-refractivity contribution in [2.75, 3.05) is 12.3 Å². The number of rotatable bonds is 7. The third kappa shape index (κ3) is 4.14. The van der Waals surface area contributed by atoms with E-state index in [0.717, 1.165) is 4.88 Å². The number of hydrazone groups is 1. The lowest BCUT2D eigenvalue weighted by atomic mass is 10.1. The lowest BCUT2D eigenvalue weighted by molar-refractivity contribution is 0.0950. The number of nitrogen functional groups attached to an aromatic ring is 1. The first-order valence-electron chi connectivity index (χ1n) is 9.24. The largest absolute Gasteiger partial charge is 0.494 e. The standard InChI is InChI=1S/C19H18N8O3S/c1-3-29-13-7-4-6-12(10-13)16-15(22-26-27(16)18-17(20)24-30-25-18)19(28)23-21-11(2)14-8-5-9-31-14/h4-10H,3H2,1-2H3,(H2,20,24)(H,23,28)/b21-11-. The molecule has 12 heteroatoms. The fraction of sp³-hybridized carbons (Fsp3) is 0.158. The molecule has 4 aromatic rings. The van der Waals surface area contributed by atoms with Gasteiger partial charge in [-0.2, -0.15) is 9.78 Å². The molecule has 0 spiro atoms. The van der Waals surface area contributed by atoms with Crippen molar-refractivity contribution in [2.45, 2.75) is 13.8 Å². The summed E-state index contributed by atoms with van der Waals surface area (Å²) in [6.45, 7) is 4.18. The van der Waals surface area contributed by atoms with Crippen molar-refractivity contribution in [3.63, 3.8) is 0 Å². The third-order valence-electron chi connectivity index (χ3n) is 4.20. The Morgan fingerprint density at radius 2 is 2.19 bits per heavy atom. The molecule has 0 saturated carbocycles. The molecule has 1 aromatic carbocycles. The van der Waals surface area contributed by atoms with E-state index < -0.39 is 5.91 Å². The van der Waals surface area contributed by atoms with Crippen LogP contribution in [0.5, 0.6) is 5.75 Å². The monoisotopic (exact) mass is 438 g/mol. The van der Waals surface area contributed by atoms with Crippen LogP contribution in [0.25, 0.3) is 17.1 Å². The Bertz CT molecular complexity index is 1230. The van der Waals surface area contributed by atoms with Gasteiger partial charge in [0.25, 0.3) is 5.91 Å². The van der Waals surface area contributed by atoms with Gasteiger partial charge in [-0.15, -0.1) is 16.4 Å². The third-order valence-corrected chi connectivity index (χ3v) is 5.18. The molecule has 0 atom stereocenters. The fourth-order valence-electron chi connectivity index (χ4n) is 2.81. The van der Waals surface area contributed by atoms with E-state index in [-0.39, 0.29) is 17.3 Å². The number of anilines is 1. The van der Waals surface area contributed by atoms with E-state index in [0.29, 0.717) is 29.3 Å². The first-order valence-corrected chi connectivity index (χ1v) is 10.1. The molecular formula is C19H18N8O3S. The normalized spacial score (nSPS) is 11.5. The molecule has 0 aliphatic rings. The van der Waals surface area contributed by atoms with Crippen LogP contribution in [0.1, 0.15) is 29.2 Å². The molecule has 158 valence electrons. The number of nitrogens with two attached hydrogens (primary N) is 1. The maximum atomic E-state index is 12.9. The van der Waals surface area contributed by atoms with Crippen molar-refractivity contribution in [3.05, 3.63) is 52.3 Å². The minimum absolute atomic E-state index is 0.00521. The van der Waals surface area contributed by atoms with Crippen LogP contribution in [0.2, 0.25) is 0 Å². The molecule has 0 radical (unpaired) electrons. The minimum Gasteiger partial charge on any atom is -0.494 e. The van der Waals surface area contributed by atoms with E-state index in [1.54, 1.807) is 25.1 Å². The van der Waals surface area contributed by atoms with Crippen molar-refractivity contribution in [2.24, 2.45) is 5.10 Å². The summed E-state index contributed by atoms with van der Waals surface area (Å²) in [7, 11) is 0. The molecule has 1 amide bonds. The summed E-state index contributed by atoms with van der Waals surface area (Å²) in [6.07, 6.45) is 0. The Kier molecular flexibility index (Phi) is 5.71. The molecule has 11 nitrogen and oxygen atoms in total. The van der Waals surface area contributed by atoms with Crippen LogP contribution >= 0.6 is 11.3 Å². The molecule has 3 N–H and O–H groups in total. The molecule has 3 aromatic heterocycles. The second-order valence-corrected chi connectivity index (χ2v) is 7.20. The predicted octanol–water partition coefficient (Wildman–Crippen LogP) is 2.51. The highest BCUT2D eigenvalue weighted by Crippen LogP contribution is 2.29. The van der Waals surface area contributed by atoms with Gasteiger partial charge in [-0.05, 0) is 47.7 Å². The van der Waals surface area contributed by atoms with Crippen LogP contribution in [0.4, 0.5) is 5.82 Å². The molecule has 0 fully saturated rings. The van der Waals surface area contributed by atoms with Gasteiger partial charge in [0.1, 0.15) is 11.4 Å². The fourth-order valence-corrected chi connectivity index (χ4v) is 3.48. The Morgan fingerprint density at radius 1 is 1.32 bits per heavy atom. The summed E-state index contributed by atoms with van der Waals surface area (Å²) in [5, 5.41) is 21.5. The second-order valence-electron chi connectivity index (χ2n) is 6.25. The zero-order valence-corrected chi connectivity index (χ0v) is 17.5. The highest BCUT2D eigenvalue weighted by Gasteiger charge is 2.25. The van der Waals surface area contributed by atoms with Crippen LogP contribution in [0.15, 0.2) is 51.5 Å². The molecule has 0 bridgehead atoms. The highest BCUT2D eigenvalue weighted by atomic mass is 32.1. The number of hydrogen-bond donors (Lipinski definition) is 2. The van der Waals surface area contributed by atoms with Crippen molar-refractivity contribution in [3.8, 4) is 22.8 Å². The summed E-state index contributed by atoms with van der Waals surface area (Å²) in [6, 6.07) is 11.0. The Balaban J connectivity index is 1.75. The van der Waals surface area contributed by atoms with E-state index in [1.165, 1.54) is 16.0 Å². The lowest BCUT2D eigenvalue weighted by Crippen LogP contribution is -2.20. The summed E-state index contributed by atoms with van der Waals surface area (Å²) >= 11 is 1.52. The van der Waals surface area contributed by atoms with Gasteiger partial charge in [0, 0.05) is 10.4 Å². The number of ether oxygens (including phenoxy) is 1. The minimum atomic E-state index is -0.547. The van der Waals surface area contributed by atoms with Crippen LogP contribution in [-0.4, -0.2) is 43.5 Å². The number of amides is 1. The lowest BCUT2D eigenvalue weighted by Gasteiger charge is -2.08. The molecule has 31 heavy (non-hydrogen) atoms. The molecule has 4 rings (SSSR count). The zero-order valence-electron chi connectivity index (χ0n) is 16.6. The SMILES string of the molecule is CCOc1cccc(-c2c(C(=O)N/N=C(/C)c3cccs3)nnn2-c2nonc2N)c1. The second kappa shape index (κ2) is 8.75. The number of thiophene rings is 1. The van der Waals surface area contributed by atoms with Crippen LogP contribution in [0.3, 0.4) is 0 Å². The van der Waals surface area contributed by atoms with Gasteiger partial charge in [-0.25, -0.2) is 10.1 Å². The molecule has 0 aliphatic carbocycles. The number of carbonyl (C=O) groups is 1. The quantitative estimate of drug-likeness (QED) is 0.330. The summed E-state index contributed by atoms with van der Waals surface area (Å²) in [5.41, 5.74) is 10.0. The smallest absolute Gasteiger partial charge is 0.294 e. The zero-order chi connectivity index (χ0) is 21.8. The van der Waals surface area contributed by atoms with Crippen molar-refractivity contribution < 1.29 is 14.2 Å². The van der Waals surface area contributed by atoms with Gasteiger partial charge in [0.05, 0.1) is 12.3 Å². The molecule has 0 aliphatic heterocycles. The summed E-state index contributed by atoms with van der Waals surface area (Å²) in [5.74, 6) is 0.193. The number of nitrogens with zero attached hydrogens (tertiary/aromatic N) is 6. The van der Waals surface area contributed by atoms with E-state index in [9.17, 15) is 4.79 Å². The number of carbonyl (C=O) groups excluding carboxylic acids is 1. The Labute approximate surface area is 180 Å². The van der Waals surface area contributed by atoms with E-state index in [1.807, 2.05) is 30.5 Å². The van der Waals surface area contributed by atoms with Crippen molar-refractivity contribution in [1.82, 2.24) is 30.7 Å². The van der Waals surface area contributed by atoms with Gasteiger partial charge in [0.2, 0.25) is 11.6 Å². The first-order chi connectivity index (χ1) is 15.1. The van der Waals surface area contributed by atoms with Crippen LogP contribution in [0, 0.1) is 0 Å². The van der Waals surface area contributed by atoms with Gasteiger partial charge in [0.15, 0.2) is 5.69 Å². The van der Waals surface area contributed by atoms with E-state index >= 15 is 0 Å². The number of hydrogen-bond acceptors (Lipinski definition) is 10. The van der Waals surface area contributed by atoms with E-state index in [2.05, 4.69) is 35.8 Å². The average Bonchev–Trinajstić information content (AvgIpc) is 3.52. The molecular weight excluding hydrogens is 420 g/mol. The van der Waals surface area contributed by atoms with Gasteiger partial charge in [-0.1, -0.05) is 23.4 Å². The maximum absolute atomic E-state index is 12.9. The number of benzene rings is 1. The van der Waals surface area contributed by atoms with Crippen molar-refractivity contribution >= 4 is 28.8 Å². The van der Waals surface area contributed by atoms with Crippen LogP contribution < -0.4 is 15.9 Å². The van der Waals surface area contributed by atoms with E-state index in [4.69, 9.17) is 10.5 Å². The number of aromatic nitrogens is 5. The van der Waals surface area contributed by atoms with Gasteiger partial charge < -0.3 is 10.5 Å². The highest BCUT2D eigenvalue weighted by molar-refractivity contribution is 7.12. The molecule has 0 saturated heterocycles. The summed E-state index contributed by atoms with van der Waals surface area (Å²) in [4.78, 5) is 13.9. The molecule has 3 heterocycles. The van der Waals surface area contributed by atoms with Crippen molar-refractivity contribution in [1.29, 1.82) is 0 Å². The maximum Gasteiger partial charge on any atom is 0.294 e. The van der Waals surface area contributed by atoms with Gasteiger partial charge >= 0.3 is 0 Å². The van der Waals surface area contributed by atoms with Gasteiger partial charge in [-0.3, -0.25) is 4.79 Å². The Morgan fingerprint density at radius 3 is 2.90 bits per heavy atom. The average molecular weight is 438 g/mol. The van der Waals surface area contributed by atoms with Crippen LogP contribution in [-0.2, 0) is 0 Å².